The van der Waals surface area contributed by atoms with Crippen LogP contribution in [0, 0.1) is 0 Å². The van der Waals surface area contributed by atoms with Gasteiger partial charge >= 0.3 is 0 Å². The van der Waals surface area contributed by atoms with E-state index < -0.39 is 0 Å². The molecule has 0 spiro atoms. The molecule has 4 nitrogen and oxygen atoms in total. The molecule has 0 aliphatic carbocycles. The Hall–Kier alpha value is -0.870. The highest BCUT2D eigenvalue weighted by Gasteiger charge is 2.40. The van der Waals surface area contributed by atoms with Gasteiger partial charge in [-0.2, -0.15) is 0 Å². The third kappa shape index (κ3) is 2.70. The largest absolute Gasteiger partial charge is 0.444 e. The molecule has 2 bridgehead atoms. The molecule has 0 amide bonds. The number of oxazole rings is 1. The predicted octanol–water partition coefficient (Wildman–Crippen LogP) is 2.34. The van der Waals surface area contributed by atoms with Gasteiger partial charge in [0.15, 0.2) is 0 Å². The van der Waals surface area contributed by atoms with E-state index in [1.54, 1.807) is 0 Å². The van der Waals surface area contributed by atoms with Crippen LogP contribution in [0.4, 0.5) is 0 Å². The maximum atomic E-state index is 5.77. The summed E-state index contributed by atoms with van der Waals surface area (Å²) in [6.45, 7) is 6.29. The van der Waals surface area contributed by atoms with Crippen molar-refractivity contribution >= 4 is 0 Å². The van der Waals surface area contributed by atoms with Crippen molar-refractivity contribution in [2.45, 2.75) is 70.6 Å². The molecule has 106 valence electrons. The number of hydrogen-bond acceptors (Lipinski definition) is 4. The Kier molecular flexibility index (Phi) is 3.89. The SMILES string of the molecule is CCNC1CC2CCC(C1)N2Cc1ncc(CC)o1. The van der Waals surface area contributed by atoms with E-state index in [1.165, 1.54) is 25.7 Å². The van der Waals surface area contributed by atoms with Gasteiger partial charge in [0.1, 0.15) is 5.76 Å². The van der Waals surface area contributed by atoms with Crippen LogP contribution >= 0.6 is 0 Å². The molecule has 3 heterocycles. The lowest BCUT2D eigenvalue weighted by Gasteiger charge is -2.38. The van der Waals surface area contributed by atoms with Gasteiger partial charge in [0.05, 0.1) is 12.7 Å². The average Bonchev–Trinajstić information content (AvgIpc) is 2.94. The Labute approximate surface area is 115 Å². The molecule has 2 aliphatic rings. The van der Waals surface area contributed by atoms with E-state index >= 15 is 0 Å². The lowest BCUT2D eigenvalue weighted by atomic mass is 9.97. The van der Waals surface area contributed by atoms with Crippen LogP contribution in [0.15, 0.2) is 10.6 Å². The number of aryl methyl sites for hydroxylation is 1. The first-order chi connectivity index (χ1) is 9.30. The molecule has 4 heteroatoms. The van der Waals surface area contributed by atoms with Gasteiger partial charge in [-0.1, -0.05) is 13.8 Å². The summed E-state index contributed by atoms with van der Waals surface area (Å²) in [6, 6.07) is 2.16. The quantitative estimate of drug-likeness (QED) is 0.885. The average molecular weight is 263 g/mol. The van der Waals surface area contributed by atoms with Gasteiger partial charge in [0.25, 0.3) is 0 Å². The topological polar surface area (TPSA) is 41.3 Å². The summed E-state index contributed by atoms with van der Waals surface area (Å²) in [4.78, 5) is 7.03. The molecule has 2 unspecified atom stereocenters. The number of nitrogens with one attached hydrogen (secondary N) is 1. The van der Waals surface area contributed by atoms with Crippen molar-refractivity contribution in [2.24, 2.45) is 0 Å². The zero-order chi connectivity index (χ0) is 13.2. The van der Waals surface area contributed by atoms with Crippen LogP contribution in [0.1, 0.15) is 51.2 Å². The number of aromatic nitrogens is 1. The highest BCUT2D eigenvalue weighted by molar-refractivity contribution is 5.00. The first kappa shape index (κ1) is 13.1. The minimum atomic E-state index is 0.717. The highest BCUT2D eigenvalue weighted by atomic mass is 16.4. The third-order valence-electron chi connectivity index (χ3n) is 4.64. The van der Waals surface area contributed by atoms with E-state index in [0.29, 0.717) is 0 Å². The van der Waals surface area contributed by atoms with Gasteiger partial charge in [0.2, 0.25) is 5.89 Å². The Morgan fingerprint density at radius 1 is 1.32 bits per heavy atom. The first-order valence-corrected chi connectivity index (χ1v) is 7.72. The van der Waals surface area contributed by atoms with Gasteiger partial charge in [-0.05, 0) is 32.2 Å². The number of piperidine rings is 1. The zero-order valence-electron chi connectivity index (χ0n) is 12.1. The lowest BCUT2D eigenvalue weighted by Crippen LogP contribution is -2.48. The van der Waals surface area contributed by atoms with Gasteiger partial charge in [-0.25, -0.2) is 4.98 Å². The summed E-state index contributed by atoms with van der Waals surface area (Å²) in [6.07, 6.45) is 8.06. The van der Waals surface area contributed by atoms with Gasteiger partial charge in [0, 0.05) is 24.5 Å². The van der Waals surface area contributed by atoms with Crippen LogP contribution in [0.5, 0.6) is 0 Å². The smallest absolute Gasteiger partial charge is 0.208 e. The Morgan fingerprint density at radius 3 is 2.63 bits per heavy atom. The fraction of sp³-hybridized carbons (Fsp3) is 0.800. The molecule has 0 saturated carbocycles. The van der Waals surface area contributed by atoms with Crippen molar-refractivity contribution in [1.29, 1.82) is 0 Å². The number of fused-ring (bicyclic) bond motifs is 2. The second-order valence-corrected chi connectivity index (χ2v) is 5.86. The van der Waals surface area contributed by atoms with Crippen molar-refractivity contribution in [3.05, 3.63) is 17.8 Å². The number of nitrogens with zero attached hydrogens (tertiary/aromatic N) is 2. The van der Waals surface area contributed by atoms with E-state index in [2.05, 4.69) is 29.0 Å². The fourth-order valence-electron chi connectivity index (χ4n) is 3.73. The van der Waals surface area contributed by atoms with Gasteiger partial charge in [-0.3, -0.25) is 4.90 Å². The molecule has 0 aromatic carbocycles. The summed E-state index contributed by atoms with van der Waals surface area (Å²) in [5.74, 6) is 1.90. The first-order valence-electron chi connectivity index (χ1n) is 7.72. The summed E-state index contributed by atoms with van der Waals surface area (Å²) in [5.41, 5.74) is 0. The molecule has 1 aromatic rings. The van der Waals surface area contributed by atoms with Crippen LogP contribution < -0.4 is 5.32 Å². The summed E-state index contributed by atoms with van der Waals surface area (Å²) in [7, 11) is 0. The minimum absolute atomic E-state index is 0.717. The highest BCUT2D eigenvalue weighted by Crippen LogP contribution is 2.36. The molecule has 1 N–H and O–H groups in total. The van der Waals surface area contributed by atoms with E-state index in [1.807, 2.05) is 6.20 Å². The summed E-state index contributed by atoms with van der Waals surface area (Å²) in [5, 5.41) is 3.62. The molecule has 0 radical (unpaired) electrons. The molecule has 3 rings (SSSR count). The second kappa shape index (κ2) is 5.63. The Balaban J connectivity index is 1.63. The maximum Gasteiger partial charge on any atom is 0.208 e. The van der Waals surface area contributed by atoms with Crippen LogP contribution in [0.2, 0.25) is 0 Å². The van der Waals surface area contributed by atoms with E-state index in [9.17, 15) is 0 Å². The van der Waals surface area contributed by atoms with Crippen molar-refractivity contribution in [3.8, 4) is 0 Å². The molecule has 2 fully saturated rings. The molecule has 2 atom stereocenters. The standard InChI is InChI=1S/C15H25N3O/c1-3-14-9-17-15(19-14)10-18-12-5-6-13(18)8-11(7-12)16-4-2/h9,11-13,16H,3-8,10H2,1-2H3. The maximum absolute atomic E-state index is 5.77. The third-order valence-corrected chi connectivity index (χ3v) is 4.64. The minimum Gasteiger partial charge on any atom is -0.444 e. The Morgan fingerprint density at radius 2 is 2.05 bits per heavy atom. The van der Waals surface area contributed by atoms with Crippen LogP contribution in [0.25, 0.3) is 0 Å². The van der Waals surface area contributed by atoms with E-state index in [-0.39, 0.29) is 0 Å². The van der Waals surface area contributed by atoms with Crippen LogP contribution in [0.3, 0.4) is 0 Å². The Bertz CT molecular complexity index is 403. The molecular weight excluding hydrogens is 238 g/mol. The van der Waals surface area contributed by atoms with E-state index in [4.69, 9.17) is 4.42 Å². The molecular formula is C15H25N3O. The summed E-state index contributed by atoms with van der Waals surface area (Å²) < 4.78 is 5.77. The van der Waals surface area contributed by atoms with Crippen LogP contribution in [-0.2, 0) is 13.0 Å². The van der Waals surface area contributed by atoms with Gasteiger partial charge < -0.3 is 9.73 Å². The van der Waals surface area contributed by atoms with Gasteiger partial charge in [-0.15, -0.1) is 0 Å². The van der Waals surface area contributed by atoms with Crippen LogP contribution in [-0.4, -0.2) is 34.6 Å². The normalized spacial score (nSPS) is 30.9. The fourth-order valence-corrected chi connectivity index (χ4v) is 3.73. The number of hydrogen-bond donors (Lipinski definition) is 1. The van der Waals surface area contributed by atoms with Crippen molar-refractivity contribution in [1.82, 2.24) is 15.2 Å². The molecule has 2 saturated heterocycles. The second-order valence-electron chi connectivity index (χ2n) is 5.86. The van der Waals surface area contributed by atoms with Crippen molar-refractivity contribution in [3.63, 3.8) is 0 Å². The van der Waals surface area contributed by atoms with Crippen molar-refractivity contribution < 1.29 is 4.42 Å². The lowest BCUT2D eigenvalue weighted by molar-refractivity contribution is 0.0990. The number of rotatable bonds is 5. The monoisotopic (exact) mass is 263 g/mol. The van der Waals surface area contributed by atoms with Crippen molar-refractivity contribution in [2.75, 3.05) is 6.54 Å². The molecule has 2 aliphatic heterocycles. The predicted molar refractivity (Wildman–Crippen MR) is 74.9 cm³/mol. The summed E-state index contributed by atoms with van der Waals surface area (Å²) >= 11 is 0. The molecule has 1 aromatic heterocycles. The zero-order valence-corrected chi connectivity index (χ0v) is 12.1. The van der Waals surface area contributed by atoms with E-state index in [0.717, 1.165) is 49.3 Å². The molecule has 19 heavy (non-hydrogen) atoms.